The minimum atomic E-state index is -0.0653. The molecule has 0 radical (unpaired) electrons. The normalized spacial score (nSPS) is 16.9. The molecule has 1 aromatic carbocycles. The molecule has 0 aliphatic carbocycles. The van der Waals surface area contributed by atoms with Gasteiger partial charge < -0.3 is 15.1 Å². The van der Waals surface area contributed by atoms with Crippen LogP contribution in [0.3, 0.4) is 0 Å². The molecule has 0 unspecified atom stereocenters. The lowest BCUT2D eigenvalue weighted by atomic mass is 10.0. The number of hydrogen-bond acceptors (Lipinski definition) is 4. The van der Waals surface area contributed by atoms with Crippen molar-refractivity contribution in [3.8, 4) is 0 Å². The van der Waals surface area contributed by atoms with E-state index in [1.807, 2.05) is 39.1 Å². The molecule has 3 rings (SSSR count). The molecular weight excluding hydrogens is 362 g/mol. The maximum atomic E-state index is 12.6. The lowest BCUT2D eigenvalue weighted by Gasteiger charge is -2.38. The molecule has 1 atom stereocenters. The quantitative estimate of drug-likeness (QED) is 0.871. The molecule has 1 fully saturated rings. The predicted molar refractivity (Wildman–Crippen MR) is 108 cm³/mol. The summed E-state index contributed by atoms with van der Waals surface area (Å²) >= 11 is 6.06. The Morgan fingerprint density at radius 3 is 2.85 bits per heavy atom. The van der Waals surface area contributed by atoms with E-state index in [0.29, 0.717) is 6.54 Å². The predicted octanol–water partition coefficient (Wildman–Crippen LogP) is 3.56. The highest BCUT2D eigenvalue weighted by atomic mass is 35.5. The van der Waals surface area contributed by atoms with Gasteiger partial charge in [0.2, 0.25) is 0 Å². The van der Waals surface area contributed by atoms with Crippen molar-refractivity contribution in [1.29, 1.82) is 0 Å². The number of piperidine rings is 1. The topological polar surface area (TPSA) is 61.4 Å². The first kappa shape index (κ1) is 19.4. The molecule has 1 saturated heterocycles. The second-order valence-corrected chi connectivity index (χ2v) is 7.52. The number of rotatable bonds is 4. The Balaban J connectivity index is 1.57. The van der Waals surface area contributed by atoms with Gasteiger partial charge in [0.15, 0.2) is 0 Å². The summed E-state index contributed by atoms with van der Waals surface area (Å²) in [4.78, 5) is 25.4. The van der Waals surface area contributed by atoms with Crippen molar-refractivity contribution in [3.05, 3.63) is 52.4 Å². The Kier molecular flexibility index (Phi) is 6.16. The number of aromatic nitrogens is 2. The van der Waals surface area contributed by atoms with E-state index < -0.39 is 0 Å². The van der Waals surface area contributed by atoms with Crippen molar-refractivity contribution in [2.75, 3.05) is 25.0 Å². The number of carbonyl (C=O) groups excluding carboxylic acids is 1. The molecule has 1 N–H and O–H groups in total. The minimum Gasteiger partial charge on any atom is -0.353 e. The fourth-order valence-electron chi connectivity index (χ4n) is 3.31. The van der Waals surface area contributed by atoms with Gasteiger partial charge in [0.25, 0.3) is 0 Å². The summed E-state index contributed by atoms with van der Waals surface area (Å²) in [5.41, 5.74) is 2.96. The number of likely N-dealkylation sites (N-methyl/N-ethyl adjacent to an activating group) is 1. The Bertz CT molecular complexity index is 795. The Hall–Kier alpha value is -2.34. The Labute approximate surface area is 165 Å². The van der Waals surface area contributed by atoms with Crippen LogP contribution in [-0.4, -0.2) is 47.1 Å². The number of benzene rings is 1. The Morgan fingerprint density at radius 2 is 2.15 bits per heavy atom. The Morgan fingerprint density at radius 1 is 1.33 bits per heavy atom. The lowest BCUT2D eigenvalue weighted by molar-refractivity contribution is 0.182. The smallest absolute Gasteiger partial charge is 0.317 e. The van der Waals surface area contributed by atoms with E-state index in [0.717, 1.165) is 53.6 Å². The van der Waals surface area contributed by atoms with Crippen molar-refractivity contribution in [1.82, 2.24) is 20.2 Å². The first-order valence-corrected chi connectivity index (χ1v) is 9.61. The molecule has 0 spiro atoms. The summed E-state index contributed by atoms with van der Waals surface area (Å²) in [5.74, 6) is 0.871. The van der Waals surface area contributed by atoms with Gasteiger partial charge in [-0.2, -0.15) is 0 Å². The van der Waals surface area contributed by atoms with Crippen LogP contribution in [0.4, 0.5) is 10.6 Å². The van der Waals surface area contributed by atoms with Crippen LogP contribution >= 0.6 is 11.6 Å². The first-order chi connectivity index (χ1) is 12.9. The summed E-state index contributed by atoms with van der Waals surface area (Å²) < 4.78 is 0. The summed E-state index contributed by atoms with van der Waals surface area (Å²) in [6.45, 7) is 6.08. The summed E-state index contributed by atoms with van der Waals surface area (Å²) in [7, 11) is 1.86. The fourth-order valence-corrected chi connectivity index (χ4v) is 3.43. The number of halogens is 1. The van der Waals surface area contributed by atoms with Crippen molar-refractivity contribution in [2.45, 2.75) is 39.3 Å². The average Bonchev–Trinajstić information content (AvgIpc) is 2.68. The van der Waals surface area contributed by atoms with Gasteiger partial charge in [-0.3, -0.25) is 4.98 Å². The molecule has 1 aliphatic rings. The minimum absolute atomic E-state index is 0.0653. The standard InChI is InChI=1S/C20H26ClN5O/c1-14-9-16(6-7-18(14)21)11-24-20(27)25(3)17-5-4-8-26(13-17)19-12-22-15(2)10-23-19/h6-7,9-10,12,17H,4-5,8,11,13H2,1-3H3,(H,24,27)/t17-/m1/s1. The molecule has 1 aliphatic heterocycles. The molecule has 1 aromatic heterocycles. The van der Waals surface area contributed by atoms with Gasteiger partial charge in [-0.05, 0) is 43.9 Å². The van der Waals surface area contributed by atoms with E-state index in [9.17, 15) is 4.79 Å². The van der Waals surface area contributed by atoms with Gasteiger partial charge in [-0.25, -0.2) is 9.78 Å². The molecule has 144 valence electrons. The summed E-state index contributed by atoms with van der Waals surface area (Å²) in [6, 6.07) is 5.89. The van der Waals surface area contributed by atoms with Crippen LogP contribution in [0.1, 0.15) is 29.7 Å². The van der Waals surface area contributed by atoms with Crippen LogP contribution in [0.15, 0.2) is 30.6 Å². The zero-order valence-corrected chi connectivity index (χ0v) is 16.8. The number of nitrogens with zero attached hydrogens (tertiary/aromatic N) is 4. The van der Waals surface area contributed by atoms with Crippen LogP contribution in [0.25, 0.3) is 0 Å². The van der Waals surface area contributed by atoms with Crippen molar-refractivity contribution >= 4 is 23.4 Å². The van der Waals surface area contributed by atoms with Crippen molar-refractivity contribution < 1.29 is 4.79 Å². The number of aryl methyl sites for hydroxylation is 2. The molecule has 6 nitrogen and oxygen atoms in total. The molecule has 2 aromatic rings. The highest BCUT2D eigenvalue weighted by Crippen LogP contribution is 2.20. The fraction of sp³-hybridized carbons (Fsp3) is 0.450. The van der Waals surface area contributed by atoms with Gasteiger partial charge in [-0.15, -0.1) is 0 Å². The maximum Gasteiger partial charge on any atom is 0.317 e. The molecular formula is C20H26ClN5O. The zero-order valence-electron chi connectivity index (χ0n) is 16.1. The monoisotopic (exact) mass is 387 g/mol. The van der Waals surface area contributed by atoms with Crippen LogP contribution in [-0.2, 0) is 6.54 Å². The number of urea groups is 1. The van der Waals surface area contributed by atoms with Crippen molar-refractivity contribution in [2.24, 2.45) is 0 Å². The number of carbonyl (C=O) groups is 1. The lowest BCUT2D eigenvalue weighted by Crippen LogP contribution is -2.51. The highest BCUT2D eigenvalue weighted by molar-refractivity contribution is 6.31. The van der Waals surface area contributed by atoms with E-state index in [2.05, 4.69) is 20.2 Å². The van der Waals surface area contributed by atoms with Crippen molar-refractivity contribution in [3.63, 3.8) is 0 Å². The van der Waals surface area contributed by atoms with Crippen LogP contribution < -0.4 is 10.2 Å². The first-order valence-electron chi connectivity index (χ1n) is 9.23. The van der Waals surface area contributed by atoms with E-state index in [4.69, 9.17) is 11.6 Å². The van der Waals surface area contributed by atoms with E-state index in [1.165, 1.54) is 0 Å². The summed E-state index contributed by atoms with van der Waals surface area (Å²) in [5, 5.41) is 3.74. The molecule has 2 heterocycles. The molecule has 7 heteroatoms. The van der Waals surface area contributed by atoms with E-state index in [-0.39, 0.29) is 12.1 Å². The molecule has 2 amide bonds. The molecule has 0 bridgehead atoms. The third-order valence-electron chi connectivity index (χ3n) is 5.02. The van der Waals surface area contributed by atoms with E-state index >= 15 is 0 Å². The third kappa shape index (κ3) is 4.89. The molecule has 0 saturated carbocycles. The third-order valence-corrected chi connectivity index (χ3v) is 5.45. The second kappa shape index (κ2) is 8.57. The van der Waals surface area contributed by atoms with Gasteiger partial charge >= 0.3 is 6.03 Å². The van der Waals surface area contributed by atoms with Crippen LogP contribution in [0, 0.1) is 13.8 Å². The SMILES string of the molecule is Cc1cnc(N2CCC[C@@H](N(C)C(=O)NCc3ccc(Cl)c(C)c3)C2)cn1. The largest absolute Gasteiger partial charge is 0.353 e. The maximum absolute atomic E-state index is 12.6. The second-order valence-electron chi connectivity index (χ2n) is 7.11. The summed E-state index contributed by atoms with van der Waals surface area (Å²) in [6.07, 6.45) is 5.60. The van der Waals surface area contributed by atoms with Crippen LogP contribution in [0.5, 0.6) is 0 Å². The van der Waals surface area contributed by atoms with Gasteiger partial charge in [-0.1, -0.05) is 23.7 Å². The van der Waals surface area contributed by atoms with Gasteiger partial charge in [0.1, 0.15) is 5.82 Å². The van der Waals surface area contributed by atoms with Crippen LogP contribution in [0.2, 0.25) is 5.02 Å². The number of nitrogens with one attached hydrogen (secondary N) is 1. The number of anilines is 1. The molecule has 27 heavy (non-hydrogen) atoms. The number of amides is 2. The average molecular weight is 388 g/mol. The number of hydrogen-bond donors (Lipinski definition) is 1. The van der Waals surface area contributed by atoms with E-state index in [1.54, 1.807) is 17.3 Å². The van der Waals surface area contributed by atoms with Gasteiger partial charge in [0, 0.05) is 31.7 Å². The zero-order chi connectivity index (χ0) is 19.4. The van der Waals surface area contributed by atoms with Gasteiger partial charge in [0.05, 0.1) is 24.1 Å². The highest BCUT2D eigenvalue weighted by Gasteiger charge is 2.26.